The lowest BCUT2D eigenvalue weighted by Crippen LogP contribution is -2.11. The zero-order valence-corrected chi connectivity index (χ0v) is 13.5. The fraction of sp³-hybridized carbons (Fsp3) is 0. The van der Waals surface area contributed by atoms with Crippen LogP contribution < -0.4 is 0 Å². The highest BCUT2D eigenvalue weighted by Crippen LogP contribution is 2.30. The molecule has 1 heterocycles. The standard InChI is InChI=1S/C15H9ClN2O5S/c16-13-2-1-3-14-15(13)10(9-19)8-17(14)24(22,23)12-6-4-11(5-7-12)18(20)21/h1-9H. The van der Waals surface area contributed by atoms with E-state index in [2.05, 4.69) is 0 Å². The Kier molecular flexibility index (Phi) is 3.86. The third kappa shape index (κ3) is 2.45. The second kappa shape index (κ2) is 5.73. The van der Waals surface area contributed by atoms with Crippen molar-refractivity contribution >= 4 is 44.5 Å². The summed E-state index contributed by atoms with van der Waals surface area (Å²) >= 11 is 6.06. The van der Waals surface area contributed by atoms with E-state index in [0.29, 0.717) is 11.7 Å². The first-order chi connectivity index (χ1) is 11.4. The molecule has 24 heavy (non-hydrogen) atoms. The fourth-order valence-electron chi connectivity index (χ4n) is 2.38. The summed E-state index contributed by atoms with van der Waals surface area (Å²) in [5.74, 6) is 0. The van der Waals surface area contributed by atoms with Crippen molar-refractivity contribution in [3.8, 4) is 0 Å². The number of nitrogens with zero attached hydrogens (tertiary/aromatic N) is 2. The Balaban J connectivity index is 2.24. The Hall–Kier alpha value is -2.71. The van der Waals surface area contributed by atoms with Crippen LogP contribution in [0.5, 0.6) is 0 Å². The molecule has 0 bridgehead atoms. The minimum atomic E-state index is -4.04. The lowest BCUT2D eigenvalue weighted by molar-refractivity contribution is -0.384. The van der Waals surface area contributed by atoms with Crippen LogP contribution >= 0.6 is 11.6 Å². The van der Waals surface area contributed by atoms with Crippen LogP contribution in [-0.2, 0) is 10.0 Å². The molecule has 0 N–H and O–H groups in total. The average molecular weight is 365 g/mol. The van der Waals surface area contributed by atoms with Crippen LogP contribution in [0.25, 0.3) is 10.9 Å². The lowest BCUT2D eigenvalue weighted by Gasteiger charge is -2.07. The molecular weight excluding hydrogens is 356 g/mol. The first-order valence-electron chi connectivity index (χ1n) is 6.61. The first-order valence-corrected chi connectivity index (χ1v) is 8.43. The number of aldehydes is 1. The third-order valence-corrected chi connectivity index (χ3v) is 5.51. The van der Waals surface area contributed by atoms with E-state index in [1.807, 2.05) is 0 Å². The molecular formula is C15H9ClN2O5S. The van der Waals surface area contributed by atoms with Gasteiger partial charge >= 0.3 is 0 Å². The Morgan fingerprint density at radius 3 is 2.38 bits per heavy atom. The van der Waals surface area contributed by atoms with Crippen LogP contribution in [0.15, 0.2) is 53.6 Å². The number of rotatable bonds is 4. The van der Waals surface area contributed by atoms with Gasteiger partial charge in [-0.1, -0.05) is 17.7 Å². The predicted molar refractivity (Wildman–Crippen MR) is 88.0 cm³/mol. The third-order valence-electron chi connectivity index (χ3n) is 3.51. The Morgan fingerprint density at radius 1 is 1.12 bits per heavy atom. The van der Waals surface area contributed by atoms with Crippen LogP contribution in [0.2, 0.25) is 5.02 Å². The number of carbonyl (C=O) groups is 1. The molecule has 0 radical (unpaired) electrons. The minimum absolute atomic E-state index is 0.137. The van der Waals surface area contributed by atoms with Gasteiger partial charge in [-0.2, -0.15) is 0 Å². The van der Waals surface area contributed by atoms with Gasteiger partial charge in [0.1, 0.15) is 0 Å². The Morgan fingerprint density at radius 2 is 1.79 bits per heavy atom. The summed E-state index contributed by atoms with van der Waals surface area (Å²) in [7, 11) is -4.04. The molecule has 3 rings (SSSR count). The summed E-state index contributed by atoms with van der Waals surface area (Å²) in [6, 6.07) is 9.14. The van der Waals surface area contributed by atoms with Crippen LogP contribution in [-0.4, -0.2) is 23.6 Å². The highest BCUT2D eigenvalue weighted by atomic mass is 35.5. The molecule has 9 heteroatoms. The summed E-state index contributed by atoms with van der Waals surface area (Å²) in [5, 5.41) is 11.3. The van der Waals surface area contributed by atoms with Gasteiger partial charge in [0, 0.05) is 29.3 Å². The highest BCUT2D eigenvalue weighted by molar-refractivity contribution is 7.90. The van der Waals surface area contributed by atoms with E-state index in [9.17, 15) is 23.3 Å². The van der Waals surface area contributed by atoms with Crippen molar-refractivity contribution in [2.75, 3.05) is 0 Å². The van der Waals surface area contributed by atoms with E-state index < -0.39 is 14.9 Å². The van der Waals surface area contributed by atoms with Crippen LogP contribution in [0, 0.1) is 10.1 Å². The number of hydrogen-bond acceptors (Lipinski definition) is 5. The predicted octanol–water partition coefficient (Wildman–Crippen LogP) is 3.25. The number of halogens is 1. The van der Waals surface area contributed by atoms with Gasteiger partial charge in [-0.3, -0.25) is 14.9 Å². The van der Waals surface area contributed by atoms with Crippen molar-refractivity contribution in [2.45, 2.75) is 4.90 Å². The zero-order valence-electron chi connectivity index (χ0n) is 11.9. The number of aromatic nitrogens is 1. The molecule has 0 aliphatic carbocycles. The van der Waals surface area contributed by atoms with E-state index >= 15 is 0 Å². The monoisotopic (exact) mass is 364 g/mol. The van der Waals surface area contributed by atoms with Crippen molar-refractivity contribution in [1.82, 2.24) is 3.97 Å². The van der Waals surface area contributed by atoms with Crippen molar-refractivity contribution in [2.24, 2.45) is 0 Å². The van der Waals surface area contributed by atoms with Crippen LogP contribution in [0.4, 0.5) is 5.69 Å². The zero-order chi connectivity index (χ0) is 17.5. The van der Waals surface area contributed by atoms with Crippen molar-refractivity contribution < 1.29 is 18.1 Å². The molecule has 1 aromatic heterocycles. The Bertz CT molecular complexity index is 1070. The SMILES string of the molecule is O=Cc1cn(S(=O)(=O)c2ccc([N+](=O)[O-])cc2)c2cccc(Cl)c12. The minimum Gasteiger partial charge on any atom is -0.298 e. The number of fused-ring (bicyclic) bond motifs is 1. The molecule has 0 saturated carbocycles. The van der Waals surface area contributed by atoms with Gasteiger partial charge in [0.2, 0.25) is 0 Å². The fourth-order valence-corrected chi connectivity index (χ4v) is 4.03. The number of benzene rings is 2. The molecule has 0 aliphatic rings. The van der Waals surface area contributed by atoms with Crippen molar-refractivity contribution in [3.63, 3.8) is 0 Å². The summed E-state index contributed by atoms with van der Waals surface area (Å²) in [6.07, 6.45) is 1.70. The largest absolute Gasteiger partial charge is 0.298 e. The average Bonchev–Trinajstić information content (AvgIpc) is 2.96. The van der Waals surface area contributed by atoms with Crippen LogP contribution in [0.3, 0.4) is 0 Å². The number of carbonyl (C=O) groups excluding carboxylic acids is 1. The molecule has 0 spiro atoms. The van der Waals surface area contributed by atoms with E-state index in [0.717, 1.165) is 28.2 Å². The van der Waals surface area contributed by atoms with E-state index in [-0.39, 0.29) is 26.7 Å². The summed E-state index contributed by atoms with van der Waals surface area (Å²) in [4.78, 5) is 21.2. The maximum Gasteiger partial charge on any atom is 0.269 e. The van der Waals surface area contributed by atoms with Gasteiger partial charge in [-0.25, -0.2) is 12.4 Å². The molecule has 0 unspecified atom stereocenters. The number of nitro groups is 1. The molecule has 0 saturated heterocycles. The van der Waals surface area contributed by atoms with E-state index in [4.69, 9.17) is 11.6 Å². The lowest BCUT2D eigenvalue weighted by atomic mass is 10.2. The van der Waals surface area contributed by atoms with Crippen LogP contribution in [0.1, 0.15) is 10.4 Å². The first kappa shape index (κ1) is 16.2. The van der Waals surface area contributed by atoms with Gasteiger partial charge in [0.05, 0.1) is 20.4 Å². The molecule has 0 aliphatic heterocycles. The van der Waals surface area contributed by atoms with Gasteiger partial charge in [-0.15, -0.1) is 0 Å². The van der Waals surface area contributed by atoms with E-state index in [1.54, 1.807) is 12.1 Å². The van der Waals surface area contributed by atoms with Gasteiger partial charge in [0.25, 0.3) is 15.7 Å². The normalized spacial score (nSPS) is 11.5. The molecule has 2 aromatic carbocycles. The second-order valence-corrected chi connectivity index (χ2v) is 7.11. The molecule has 0 fully saturated rings. The smallest absolute Gasteiger partial charge is 0.269 e. The maximum atomic E-state index is 12.8. The number of non-ortho nitro benzene ring substituents is 1. The topological polar surface area (TPSA) is 99.3 Å². The maximum absolute atomic E-state index is 12.8. The number of hydrogen-bond donors (Lipinski definition) is 0. The van der Waals surface area contributed by atoms with Gasteiger partial charge < -0.3 is 0 Å². The quantitative estimate of drug-likeness (QED) is 0.402. The molecule has 0 atom stereocenters. The van der Waals surface area contributed by atoms with Crippen molar-refractivity contribution in [1.29, 1.82) is 0 Å². The summed E-state index contributed by atoms with van der Waals surface area (Å²) in [5.41, 5.74) is 0.173. The van der Waals surface area contributed by atoms with Crippen molar-refractivity contribution in [3.05, 3.63) is 69.4 Å². The highest BCUT2D eigenvalue weighted by Gasteiger charge is 2.23. The molecule has 0 amide bonds. The summed E-state index contributed by atoms with van der Waals surface area (Å²) in [6.45, 7) is 0. The van der Waals surface area contributed by atoms with Gasteiger partial charge in [-0.05, 0) is 24.3 Å². The molecule has 7 nitrogen and oxygen atoms in total. The molecule has 122 valence electrons. The molecule has 3 aromatic rings. The second-order valence-electron chi connectivity index (χ2n) is 4.89. The van der Waals surface area contributed by atoms with E-state index in [1.165, 1.54) is 12.3 Å². The van der Waals surface area contributed by atoms with Gasteiger partial charge in [0.15, 0.2) is 6.29 Å². The summed E-state index contributed by atoms with van der Waals surface area (Å²) < 4.78 is 26.6. The number of nitro benzene ring substituents is 1. The Labute approximate surface area is 141 Å².